The summed E-state index contributed by atoms with van der Waals surface area (Å²) in [6.45, 7) is 4.45. The highest BCUT2D eigenvalue weighted by Crippen LogP contribution is 2.43. The van der Waals surface area contributed by atoms with Crippen LogP contribution in [0.15, 0.2) is 36.5 Å². The minimum atomic E-state index is -4.66. The molecule has 0 saturated carbocycles. The molecule has 0 rings (SSSR count). The van der Waals surface area contributed by atoms with Crippen molar-refractivity contribution in [2.75, 3.05) is 26.4 Å². The molecule has 0 aromatic rings. The summed E-state index contributed by atoms with van der Waals surface area (Å²) in [7, 11) is -4.66. The van der Waals surface area contributed by atoms with Crippen LogP contribution in [-0.4, -0.2) is 76.9 Å². The van der Waals surface area contributed by atoms with E-state index in [0.717, 1.165) is 38.0 Å². The second-order valence-corrected chi connectivity index (χ2v) is 16.1. The average molecular weight is 789 g/mol. The van der Waals surface area contributed by atoms with Gasteiger partial charge in [0, 0.05) is 12.8 Å². The number of hydrogen-bond acceptors (Lipinski definition) is 10. The van der Waals surface area contributed by atoms with Crippen LogP contribution in [0.5, 0.6) is 0 Å². The normalized spacial score (nSPS) is 15.0. The van der Waals surface area contributed by atoms with Crippen LogP contribution < -0.4 is 0 Å². The van der Waals surface area contributed by atoms with Crippen molar-refractivity contribution in [2.45, 2.75) is 187 Å². The van der Waals surface area contributed by atoms with E-state index in [1.165, 1.54) is 83.5 Å². The fourth-order valence-electron chi connectivity index (χ4n) is 5.54. The van der Waals surface area contributed by atoms with E-state index in [1.54, 1.807) is 12.2 Å². The van der Waals surface area contributed by atoms with Gasteiger partial charge in [-0.1, -0.05) is 154 Å². The molecule has 2 unspecified atom stereocenters. The first-order valence-corrected chi connectivity index (χ1v) is 22.4. The van der Waals surface area contributed by atoms with Crippen LogP contribution in [0.4, 0.5) is 0 Å². The Morgan fingerprint density at radius 1 is 0.667 bits per heavy atom. The van der Waals surface area contributed by atoms with Crippen molar-refractivity contribution in [1.29, 1.82) is 0 Å². The van der Waals surface area contributed by atoms with Crippen molar-refractivity contribution < 1.29 is 52.9 Å². The second kappa shape index (κ2) is 36.8. The summed E-state index contributed by atoms with van der Waals surface area (Å²) in [6.07, 6.45) is 31.6. The lowest BCUT2D eigenvalue weighted by atomic mass is 10.0. The number of esters is 2. The first-order chi connectivity index (χ1) is 26.0. The number of hydrogen-bond donors (Lipinski definition) is 4. The zero-order chi connectivity index (χ0) is 40.1. The third kappa shape index (κ3) is 37.1. The second-order valence-electron chi connectivity index (χ2n) is 14.7. The smallest absolute Gasteiger partial charge is 0.462 e. The van der Waals surface area contributed by atoms with E-state index >= 15 is 0 Å². The minimum absolute atomic E-state index is 0.0183. The van der Waals surface area contributed by atoms with Crippen molar-refractivity contribution >= 4 is 19.8 Å². The number of phosphoric acid groups is 1. The molecule has 0 heterocycles. The number of unbranched alkanes of at least 4 members (excludes halogenated alkanes) is 15. The first kappa shape index (κ1) is 52.2. The van der Waals surface area contributed by atoms with Gasteiger partial charge in [0.25, 0.3) is 0 Å². The Labute approximate surface area is 327 Å². The zero-order valence-electron chi connectivity index (χ0n) is 34.0. The number of carbonyl (C=O) groups is 2. The molecule has 0 aromatic carbocycles. The van der Waals surface area contributed by atoms with E-state index in [2.05, 4.69) is 37.4 Å². The molecule has 0 aliphatic heterocycles. The van der Waals surface area contributed by atoms with Gasteiger partial charge in [-0.3, -0.25) is 18.6 Å². The predicted molar refractivity (Wildman–Crippen MR) is 216 cm³/mol. The van der Waals surface area contributed by atoms with Crippen LogP contribution in [0.1, 0.15) is 168 Å². The number of rotatable bonds is 38. The number of carbonyl (C=O) groups excluding carboxylic acids is 2. The fourth-order valence-corrected chi connectivity index (χ4v) is 6.33. The maximum absolute atomic E-state index is 12.6. The topological polar surface area (TPSA) is 169 Å². The van der Waals surface area contributed by atoms with Crippen molar-refractivity contribution in [3.05, 3.63) is 36.5 Å². The molecular formula is C42H77O11P. The summed E-state index contributed by atoms with van der Waals surface area (Å²) in [5.41, 5.74) is 0. The molecule has 0 radical (unpaired) electrons. The zero-order valence-corrected chi connectivity index (χ0v) is 34.9. The fraction of sp³-hybridized carbons (Fsp3) is 0.810. The summed E-state index contributed by atoms with van der Waals surface area (Å²) < 4.78 is 32.5. The minimum Gasteiger partial charge on any atom is -0.462 e. The van der Waals surface area contributed by atoms with Gasteiger partial charge in [-0.15, -0.1) is 0 Å². The van der Waals surface area contributed by atoms with Crippen molar-refractivity contribution in [1.82, 2.24) is 0 Å². The Hall–Kier alpha value is -1.85. The molecule has 0 spiro atoms. The highest BCUT2D eigenvalue weighted by molar-refractivity contribution is 7.47. The van der Waals surface area contributed by atoms with Crippen LogP contribution in [0.2, 0.25) is 0 Å². The number of aliphatic hydroxyl groups excluding tert-OH is 3. The van der Waals surface area contributed by atoms with Gasteiger partial charge >= 0.3 is 19.8 Å². The van der Waals surface area contributed by atoms with Gasteiger partial charge in [0.05, 0.1) is 25.9 Å². The Bertz CT molecular complexity index is 1030. The molecule has 4 atom stereocenters. The number of ether oxygens (including phenoxy) is 2. The predicted octanol–water partition coefficient (Wildman–Crippen LogP) is 9.61. The quantitative estimate of drug-likeness (QED) is 0.0155. The third-order valence-electron chi connectivity index (χ3n) is 8.83. The molecule has 0 saturated heterocycles. The van der Waals surface area contributed by atoms with E-state index < -0.39 is 64.5 Å². The highest BCUT2D eigenvalue weighted by Gasteiger charge is 2.27. The molecule has 0 aliphatic carbocycles. The highest BCUT2D eigenvalue weighted by atomic mass is 31.2. The number of allylic oxidation sites excluding steroid dienone is 5. The molecule has 11 nitrogen and oxygen atoms in total. The summed E-state index contributed by atoms with van der Waals surface area (Å²) in [5, 5.41) is 28.5. The molecular weight excluding hydrogens is 711 g/mol. The molecule has 54 heavy (non-hydrogen) atoms. The third-order valence-corrected chi connectivity index (χ3v) is 9.78. The summed E-state index contributed by atoms with van der Waals surface area (Å²) in [4.78, 5) is 34.9. The van der Waals surface area contributed by atoms with E-state index in [9.17, 15) is 29.3 Å². The number of aliphatic hydroxyl groups is 3. The lowest BCUT2D eigenvalue weighted by Crippen LogP contribution is -2.30. The molecule has 0 bridgehead atoms. The lowest BCUT2D eigenvalue weighted by Gasteiger charge is -2.20. The van der Waals surface area contributed by atoms with Gasteiger partial charge in [-0.2, -0.15) is 0 Å². The standard InChI is InChI=1S/C42H77O11P/c1-4-5-6-7-8-9-10-11-12-16-19-22-25-29-38(44)30-27-32-41(46)50-35-40(36-52-54(48,49)51-34-39(45)33-43)53-42(47)31-26-23-20-17-14-13-15-18-21-24-28-37(2)3/h11-12,19,22,25,29,37-40,43-45H,4-10,13-18,20-21,23-24,26-28,30-36H2,1-3H3,(H,48,49)/b12-11+,22-19+,29-25+/t38?,39-,40+/m0/s1. The van der Waals surface area contributed by atoms with Gasteiger partial charge in [0.15, 0.2) is 6.10 Å². The van der Waals surface area contributed by atoms with E-state index in [4.69, 9.17) is 19.1 Å². The average Bonchev–Trinajstić information content (AvgIpc) is 3.13. The lowest BCUT2D eigenvalue weighted by molar-refractivity contribution is -0.161. The van der Waals surface area contributed by atoms with E-state index in [-0.39, 0.29) is 12.8 Å². The summed E-state index contributed by atoms with van der Waals surface area (Å²) in [5.74, 6) is -0.347. The largest absolute Gasteiger partial charge is 0.472 e. The maximum atomic E-state index is 12.6. The Balaban J connectivity index is 4.50. The SMILES string of the molecule is CCCCCCCC/C=C/C/C=C/C=C/C(O)CCCC(=O)OC[C@H](COP(=O)(O)OC[C@@H](O)CO)OC(=O)CCCCCCCCCCCCC(C)C. The monoisotopic (exact) mass is 789 g/mol. The molecule has 0 aromatic heterocycles. The first-order valence-electron chi connectivity index (χ1n) is 20.9. The van der Waals surface area contributed by atoms with Crippen LogP contribution in [0.25, 0.3) is 0 Å². The molecule has 12 heteroatoms. The molecule has 0 fully saturated rings. The van der Waals surface area contributed by atoms with Crippen LogP contribution in [0, 0.1) is 5.92 Å². The molecule has 0 aliphatic rings. The summed E-state index contributed by atoms with van der Waals surface area (Å²) in [6, 6.07) is 0. The van der Waals surface area contributed by atoms with Crippen molar-refractivity contribution in [2.24, 2.45) is 5.92 Å². The summed E-state index contributed by atoms with van der Waals surface area (Å²) >= 11 is 0. The Kier molecular flexibility index (Phi) is 35.5. The molecule has 4 N–H and O–H groups in total. The van der Waals surface area contributed by atoms with E-state index in [1.807, 2.05) is 12.2 Å². The van der Waals surface area contributed by atoms with Crippen molar-refractivity contribution in [3.8, 4) is 0 Å². The Morgan fingerprint density at radius 3 is 1.91 bits per heavy atom. The Morgan fingerprint density at radius 2 is 1.26 bits per heavy atom. The van der Waals surface area contributed by atoms with Gasteiger partial charge in [-0.25, -0.2) is 4.57 Å². The molecule has 316 valence electrons. The van der Waals surface area contributed by atoms with E-state index in [0.29, 0.717) is 19.3 Å². The van der Waals surface area contributed by atoms with Gasteiger partial charge < -0.3 is 29.7 Å². The maximum Gasteiger partial charge on any atom is 0.472 e. The van der Waals surface area contributed by atoms with Crippen LogP contribution in [0.3, 0.4) is 0 Å². The van der Waals surface area contributed by atoms with Gasteiger partial charge in [-0.05, 0) is 44.4 Å². The van der Waals surface area contributed by atoms with Gasteiger partial charge in [0.1, 0.15) is 12.7 Å². The van der Waals surface area contributed by atoms with Crippen molar-refractivity contribution in [3.63, 3.8) is 0 Å². The molecule has 0 amide bonds. The number of phosphoric ester groups is 1. The van der Waals surface area contributed by atoms with Gasteiger partial charge in [0.2, 0.25) is 0 Å². The van der Waals surface area contributed by atoms with Crippen LogP contribution in [-0.2, 0) is 32.7 Å². The van der Waals surface area contributed by atoms with Crippen LogP contribution >= 0.6 is 7.82 Å².